The lowest BCUT2D eigenvalue weighted by atomic mass is 9.94. The Morgan fingerprint density at radius 3 is 1.18 bits per heavy atom. The maximum absolute atomic E-state index is 13.6. The quantitative estimate of drug-likeness (QED) is 0.269. The van der Waals surface area contributed by atoms with E-state index in [1.54, 1.807) is 0 Å². The van der Waals surface area contributed by atoms with Crippen molar-refractivity contribution in [2.24, 2.45) is 10.8 Å². The molecule has 2 aliphatic carbocycles. The highest BCUT2D eigenvalue weighted by Gasteiger charge is 2.52. The van der Waals surface area contributed by atoms with Crippen molar-refractivity contribution in [3.8, 4) is 0 Å². The summed E-state index contributed by atoms with van der Waals surface area (Å²) in [6.07, 6.45) is 2.91. The molecule has 3 fully saturated rings. The smallest absolute Gasteiger partial charge is 0.274 e. The number of carbonyl (C=O) groups is 3. The number of barbiturate groups is 1. The highest BCUT2D eigenvalue weighted by molar-refractivity contribution is 6.14. The van der Waals surface area contributed by atoms with Crippen molar-refractivity contribution in [1.82, 2.24) is 9.80 Å². The summed E-state index contributed by atoms with van der Waals surface area (Å²) in [5.74, 6) is -3.94. The first-order chi connectivity index (χ1) is 18.6. The molecule has 39 heavy (non-hydrogen) atoms. The molecule has 2 aromatic rings. The molecule has 0 spiro atoms. The molecular weight excluding hydrogens is 512 g/mol. The number of rotatable bonds is 8. The second-order valence-electron chi connectivity index (χ2n) is 10.3. The number of hydrogen-bond donors (Lipinski definition) is 0. The lowest BCUT2D eigenvalue weighted by Crippen LogP contribution is -2.57. The van der Waals surface area contributed by atoms with Gasteiger partial charge in [-0.3, -0.25) is 19.4 Å². The Labute approximate surface area is 227 Å². The van der Waals surface area contributed by atoms with Crippen molar-refractivity contribution in [3.05, 3.63) is 70.8 Å². The summed E-state index contributed by atoms with van der Waals surface area (Å²) in [4.78, 5) is 40.6. The van der Waals surface area contributed by atoms with Crippen molar-refractivity contribution in [2.75, 3.05) is 13.1 Å². The Balaban J connectivity index is 0.00000100. The molecule has 4 amide bonds. The molecule has 5 rings (SSSR count). The highest BCUT2D eigenvalue weighted by atomic mass is 19.1. The monoisotopic (exact) mass is 548 g/mol. The van der Waals surface area contributed by atoms with E-state index >= 15 is 0 Å². The predicted molar refractivity (Wildman–Crippen MR) is 140 cm³/mol. The van der Waals surface area contributed by atoms with Crippen LogP contribution in [0.1, 0.15) is 70.9 Å². The molecule has 2 saturated carbocycles. The van der Waals surface area contributed by atoms with Crippen molar-refractivity contribution < 1.29 is 31.9 Å². The molecule has 5 nitrogen and oxygen atoms in total. The molecule has 1 heterocycles. The van der Waals surface area contributed by atoms with E-state index in [9.17, 15) is 31.9 Å². The number of hydrogen-bond acceptors (Lipinski definition) is 3. The number of benzene rings is 2. The van der Waals surface area contributed by atoms with Crippen LogP contribution in [0.15, 0.2) is 36.4 Å². The third kappa shape index (κ3) is 7.46. The van der Waals surface area contributed by atoms with E-state index in [-0.39, 0.29) is 13.1 Å². The fraction of sp³-hybridized carbons (Fsp3) is 0.500. The van der Waals surface area contributed by atoms with E-state index in [1.807, 2.05) is 27.7 Å². The molecular formula is C30H36F4N2O3. The zero-order valence-electron chi connectivity index (χ0n) is 23.0. The van der Waals surface area contributed by atoms with Crippen LogP contribution in [-0.4, -0.2) is 40.7 Å². The van der Waals surface area contributed by atoms with Gasteiger partial charge in [0.15, 0.2) is 0 Å². The van der Waals surface area contributed by atoms with Crippen LogP contribution in [0.3, 0.4) is 0 Å². The fourth-order valence-corrected chi connectivity index (χ4v) is 5.09. The van der Waals surface area contributed by atoms with Gasteiger partial charge in [-0.15, -0.1) is 0 Å². The molecule has 212 valence electrons. The van der Waals surface area contributed by atoms with E-state index in [0.29, 0.717) is 49.7 Å². The average Bonchev–Trinajstić information content (AvgIpc) is 3.79. The molecule has 0 atom stereocenters. The predicted octanol–water partition coefficient (Wildman–Crippen LogP) is 6.82. The summed E-state index contributed by atoms with van der Waals surface area (Å²) >= 11 is 0. The Hall–Kier alpha value is -3.23. The van der Waals surface area contributed by atoms with E-state index in [4.69, 9.17) is 0 Å². The number of nitrogens with zero attached hydrogens (tertiary/aromatic N) is 2. The van der Waals surface area contributed by atoms with Crippen LogP contribution < -0.4 is 0 Å². The molecule has 0 bridgehead atoms. The number of halogens is 4. The second kappa shape index (κ2) is 12.3. The first-order valence-corrected chi connectivity index (χ1v) is 13.6. The summed E-state index contributed by atoms with van der Waals surface area (Å²) in [5.41, 5.74) is -0.0599. The summed E-state index contributed by atoms with van der Waals surface area (Å²) in [6, 6.07) is 5.83. The molecule has 3 aliphatic rings. The zero-order chi connectivity index (χ0) is 29.0. The first-order valence-electron chi connectivity index (χ1n) is 13.6. The zero-order valence-corrected chi connectivity index (χ0v) is 23.0. The van der Waals surface area contributed by atoms with Gasteiger partial charge in [-0.1, -0.05) is 27.7 Å². The summed E-state index contributed by atoms with van der Waals surface area (Å²) in [7, 11) is 0. The van der Waals surface area contributed by atoms with Gasteiger partial charge < -0.3 is 0 Å². The van der Waals surface area contributed by atoms with E-state index < -0.39 is 58.4 Å². The van der Waals surface area contributed by atoms with E-state index in [0.717, 1.165) is 21.9 Å². The number of urea groups is 1. The molecule has 0 unspecified atom stereocenters. The van der Waals surface area contributed by atoms with Gasteiger partial charge in [0.2, 0.25) is 11.8 Å². The number of carbonyl (C=O) groups excluding carboxylic acids is 3. The van der Waals surface area contributed by atoms with Crippen LogP contribution in [0, 0.1) is 34.1 Å². The highest BCUT2D eigenvalue weighted by Crippen LogP contribution is 2.51. The van der Waals surface area contributed by atoms with Gasteiger partial charge in [0.1, 0.15) is 29.7 Å². The van der Waals surface area contributed by atoms with E-state index in [2.05, 4.69) is 0 Å². The maximum Gasteiger partial charge on any atom is 0.333 e. The topological polar surface area (TPSA) is 57.7 Å². The van der Waals surface area contributed by atoms with Crippen molar-refractivity contribution >= 4 is 17.8 Å². The first kappa shape index (κ1) is 30.3. The van der Waals surface area contributed by atoms with Crippen molar-refractivity contribution in [3.63, 3.8) is 0 Å². The summed E-state index contributed by atoms with van der Waals surface area (Å²) in [5, 5.41) is 0. The number of amides is 4. The lowest BCUT2D eigenvalue weighted by molar-refractivity contribution is -0.143. The van der Waals surface area contributed by atoms with Crippen molar-refractivity contribution in [1.29, 1.82) is 0 Å². The van der Waals surface area contributed by atoms with Gasteiger partial charge in [-0.25, -0.2) is 22.4 Å². The molecule has 9 heteroatoms. The molecule has 1 saturated heterocycles. The molecule has 0 N–H and O–H groups in total. The van der Waals surface area contributed by atoms with Crippen LogP contribution in [0.5, 0.6) is 0 Å². The standard InChI is InChI=1S/C26H24F4N2O3.2C2H6/c27-18-5-16(6-19(28)9-18)12-25(1-2-25)14-31-22(33)11-23(34)32(24(31)35)15-26(3-4-26)13-17-7-20(29)10-21(30)8-17;2*1-2/h5-10H,1-4,11-15H2;2*1-2H3. The Bertz CT molecular complexity index is 1090. The Morgan fingerprint density at radius 1 is 0.590 bits per heavy atom. The van der Waals surface area contributed by atoms with E-state index in [1.165, 1.54) is 24.3 Å². The summed E-state index contributed by atoms with van der Waals surface area (Å²) in [6.45, 7) is 8.13. The van der Waals surface area contributed by atoms with Gasteiger partial charge >= 0.3 is 6.03 Å². The van der Waals surface area contributed by atoms with Crippen LogP contribution in [0.2, 0.25) is 0 Å². The minimum atomic E-state index is -0.709. The van der Waals surface area contributed by atoms with Gasteiger partial charge in [0.05, 0.1) is 0 Å². The maximum atomic E-state index is 13.6. The molecule has 0 aromatic heterocycles. The Kier molecular flexibility index (Phi) is 9.56. The molecule has 1 aliphatic heterocycles. The van der Waals surface area contributed by atoms with Crippen molar-refractivity contribution in [2.45, 2.75) is 72.6 Å². The van der Waals surface area contributed by atoms with Gasteiger partial charge in [-0.05, 0) is 84.7 Å². The van der Waals surface area contributed by atoms with Gasteiger partial charge in [0.25, 0.3) is 0 Å². The van der Waals surface area contributed by atoms with Gasteiger partial charge in [0, 0.05) is 25.2 Å². The second-order valence-corrected chi connectivity index (χ2v) is 10.3. The molecule has 2 aromatic carbocycles. The van der Waals surface area contributed by atoms with Crippen LogP contribution in [0.25, 0.3) is 0 Å². The molecule has 0 radical (unpaired) electrons. The van der Waals surface area contributed by atoms with Crippen LogP contribution >= 0.6 is 0 Å². The number of imide groups is 2. The largest absolute Gasteiger partial charge is 0.333 e. The summed E-state index contributed by atoms with van der Waals surface area (Å²) < 4.78 is 54.5. The fourth-order valence-electron chi connectivity index (χ4n) is 5.09. The van der Waals surface area contributed by atoms with Gasteiger partial charge in [-0.2, -0.15) is 0 Å². The van der Waals surface area contributed by atoms with Crippen LogP contribution in [0.4, 0.5) is 22.4 Å². The minimum Gasteiger partial charge on any atom is -0.274 e. The lowest BCUT2D eigenvalue weighted by Gasteiger charge is -2.36. The third-order valence-corrected chi connectivity index (χ3v) is 7.27. The average molecular weight is 549 g/mol. The van der Waals surface area contributed by atoms with Crippen LogP contribution in [-0.2, 0) is 22.4 Å². The SMILES string of the molecule is CC.CC.O=C1CC(=O)N(CC2(Cc3cc(F)cc(F)c3)CC2)C(=O)N1CC1(Cc2cc(F)cc(F)c2)CC1. The minimum absolute atomic E-state index is 0.0642. The normalized spacial score (nSPS) is 18.6. The Morgan fingerprint density at radius 2 is 0.897 bits per heavy atom. The third-order valence-electron chi connectivity index (χ3n) is 7.27.